The van der Waals surface area contributed by atoms with Crippen LogP contribution in [0.25, 0.3) is 0 Å². The molecule has 0 heterocycles. The molecule has 0 aliphatic heterocycles. The lowest BCUT2D eigenvalue weighted by Crippen LogP contribution is -1.17. The van der Waals surface area contributed by atoms with Crippen molar-refractivity contribution in [3.63, 3.8) is 0 Å². The van der Waals surface area contributed by atoms with E-state index in [9.17, 15) is 8.78 Å². The molecule has 0 aromatic carbocycles. The summed E-state index contributed by atoms with van der Waals surface area (Å²) in [5.41, 5.74) is 0. The van der Waals surface area contributed by atoms with Crippen LogP contribution in [0.15, 0.2) is 0 Å². The molecule has 0 spiro atoms. The number of rotatable bonds is 0. The highest BCUT2D eigenvalue weighted by Crippen LogP contribution is 1.68. The lowest BCUT2D eigenvalue weighted by atomic mass is 11.7. The van der Waals surface area contributed by atoms with Crippen LogP contribution < -0.4 is 0 Å². The van der Waals surface area contributed by atoms with Crippen LogP contribution in [-0.4, -0.2) is 17.4 Å². The van der Waals surface area contributed by atoms with E-state index in [4.69, 9.17) is 0 Å². The molecule has 0 saturated heterocycles. The third-order valence-electron chi connectivity index (χ3n) is 0. The third kappa shape index (κ3) is 30.1. The number of halogens is 2. The summed E-state index contributed by atoms with van der Waals surface area (Å²) >= 11 is 0. The van der Waals surface area contributed by atoms with Crippen LogP contribution in [0.4, 0.5) is 8.78 Å². The highest BCUT2D eigenvalue weighted by Gasteiger charge is 1.48. The van der Waals surface area contributed by atoms with E-state index in [1.54, 1.807) is 0 Å². The summed E-state index contributed by atoms with van der Waals surface area (Å²) in [6.45, 7) is -1.00. The van der Waals surface area contributed by atoms with Crippen molar-refractivity contribution in [2.75, 3.05) is 0 Å². The first-order valence-electron chi connectivity index (χ1n) is 0.436. The molecule has 1 radical (unpaired) electrons. The minimum atomic E-state index is -1.00. The molecule has 0 aliphatic rings. The highest BCUT2D eigenvalue weighted by atomic mass is 27.0. The monoisotopic (exact) mass is 81.0 g/mol. The maximum atomic E-state index is 9.50. The van der Waals surface area contributed by atoms with Gasteiger partial charge in [0.1, 0.15) is 0 Å². The minimum Gasteiger partial charge on any atom is -0.204 e. The first kappa shape index (κ1) is 8.83. The van der Waals surface area contributed by atoms with E-state index in [1.165, 1.54) is 0 Å². The van der Waals surface area contributed by atoms with Crippen molar-refractivity contribution < 1.29 is 8.78 Å². The summed E-state index contributed by atoms with van der Waals surface area (Å²) < 4.78 is 19.0. The Morgan fingerprint density at radius 3 is 1.25 bits per heavy atom. The average molecular weight is 81.0 g/mol. The molecule has 0 nitrogen and oxygen atoms in total. The van der Waals surface area contributed by atoms with Gasteiger partial charge in [0.05, 0.1) is 0 Å². The molecule has 0 bridgehead atoms. The summed E-state index contributed by atoms with van der Waals surface area (Å²) in [6, 6.07) is 0. The van der Waals surface area contributed by atoms with Gasteiger partial charge in [-0.1, -0.05) is 0 Å². The fraction of sp³-hybridized carbons (Fsp3) is 0. The quantitative estimate of drug-likeness (QED) is 0.356. The SMILES string of the molecule is F[CH]F.[AlH3]. The van der Waals surface area contributed by atoms with E-state index in [2.05, 4.69) is 0 Å². The third-order valence-corrected chi connectivity index (χ3v) is 0. The van der Waals surface area contributed by atoms with Crippen LogP contribution in [-0.2, 0) is 0 Å². The average Bonchev–Trinajstić information content (AvgIpc) is 0.918. The van der Waals surface area contributed by atoms with E-state index in [-0.39, 0.29) is 17.4 Å². The lowest BCUT2D eigenvalue weighted by Gasteiger charge is -1.39. The topological polar surface area (TPSA) is 0 Å². The molecule has 0 aromatic heterocycles. The van der Waals surface area contributed by atoms with Gasteiger partial charge >= 0.3 is 0 Å². The van der Waals surface area contributed by atoms with Gasteiger partial charge in [-0.25, -0.2) is 8.78 Å². The second-order valence-corrected chi connectivity index (χ2v) is 0.0825. The number of hydrogen-bond acceptors (Lipinski definition) is 0. The van der Waals surface area contributed by atoms with E-state index >= 15 is 0 Å². The van der Waals surface area contributed by atoms with Gasteiger partial charge in [-0.05, 0) is 0 Å². The highest BCUT2D eigenvalue weighted by molar-refractivity contribution is 5.75. The van der Waals surface area contributed by atoms with Gasteiger partial charge in [-0.15, -0.1) is 0 Å². The Labute approximate surface area is 33.9 Å². The molecule has 0 aliphatic carbocycles. The molecule has 25 valence electrons. The first-order chi connectivity index (χ1) is 1.41. The maximum absolute atomic E-state index is 9.50. The summed E-state index contributed by atoms with van der Waals surface area (Å²) in [5, 5.41) is 0. The summed E-state index contributed by atoms with van der Waals surface area (Å²) in [7, 11) is 0. The Morgan fingerprint density at radius 2 is 1.25 bits per heavy atom. The van der Waals surface area contributed by atoms with Crippen molar-refractivity contribution in [2.45, 2.75) is 0 Å². The summed E-state index contributed by atoms with van der Waals surface area (Å²) in [5.74, 6) is 0. The fourth-order valence-corrected chi connectivity index (χ4v) is 0. The predicted molar refractivity (Wildman–Crippen MR) is 16.5 cm³/mol. The van der Waals surface area contributed by atoms with Crippen molar-refractivity contribution in [1.29, 1.82) is 0 Å². The van der Waals surface area contributed by atoms with Gasteiger partial charge in [0.15, 0.2) is 17.4 Å². The second kappa shape index (κ2) is 10.0. The summed E-state index contributed by atoms with van der Waals surface area (Å²) in [4.78, 5) is 0. The molecule has 0 rings (SSSR count). The van der Waals surface area contributed by atoms with E-state index < -0.39 is 6.93 Å². The van der Waals surface area contributed by atoms with Gasteiger partial charge in [0.25, 0.3) is 6.93 Å². The zero-order valence-electron chi connectivity index (χ0n) is 1.33. The Morgan fingerprint density at radius 1 is 1.25 bits per heavy atom. The van der Waals surface area contributed by atoms with Crippen LogP contribution >= 0.6 is 0 Å². The van der Waals surface area contributed by atoms with Crippen LogP contribution in [0.1, 0.15) is 0 Å². The molecular weight excluding hydrogens is 77.0 g/mol. The molecule has 0 N–H and O–H groups in total. The molecule has 4 heavy (non-hydrogen) atoms. The van der Waals surface area contributed by atoms with E-state index in [0.29, 0.717) is 0 Å². The normalized spacial score (nSPS) is 4.50. The molecular formula is CH4AlF2. The van der Waals surface area contributed by atoms with Gasteiger partial charge in [-0.3, -0.25) is 0 Å². The standard InChI is InChI=1S/CHF2.Al.3H/c2-1-3;;;;/h1H;;;;. The Hall–Kier alpha value is 0.392. The van der Waals surface area contributed by atoms with Crippen LogP contribution in [0.5, 0.6) is 0 Å². The minimum absolute atomic E-state index is 0. The van der Waals surface area contributed by atoms with Gasteiger partial charge in [0, 0.05) is 0 Å². The molecule has 0 saturated carbocycles. The Kier molecular flexibility index (Phi) is 22.1. The van der Waals surface area contributed by atoms with E-state index in [1.807, 2.05) is 0 Å². The molecule has 0 amide bonds. The van der Waals surface area contributed by atoms with Crippen molar-refractivity contribution in [3.8, 4) is 0 Å². The lowest BCUT2D eigenvalue weighted by molar-refractivity contribution is 0.404. The Balaban J connectivity index is 0. The van der Waals surface area contributed by atoms with Crippen molar-refractivity contribution in [2.24, 2.45) is 0 Å². The molecule has 0 aromatic rings. The zero-order chi connectivity index (χ0) is 2.71. The van der Waals surface area contributed by atoms with Crippen molar-refractivity contribution in [3.05, 3.63) is 6.93 Å². The second-order valence-electron chi connectivity index (χ2n) is 0.0825. The molecule has 0 fully saturated rings. The van der Waals surface area contributed by atoms with Gasteiger partial charge in [-0.2, -0.15) is 0 Å². The van der Waals surface area contributed by atoms with Crippen molar-refractivity contribution in [1.82, 2.24) is 0 Å². The molecule has 0 unspecified atom stereocenters. The van der Waals surface area contributed by atoms with Crippen LogP contribution in [0.3, 0.4) is 0 Å². The fourth-order valence-electron chi connectivity index (χ4n) is 0. The molecule has 0 atom stereocenters. The largest absolute Gasteiger partial charge is 0.298 e. The maximum Gasteiger partial charge on any atom is 0.298 e. The number of hydrogen-bond donors (Lipinski definition) is 0. The van der Waals surface area contributed by atoms with Crippen LogP contribution in [0.2, 0.25) is 0 Å². The van der Waals surface area contributed by atoms with E-state index in [0.717, 1.165) is 0 Å². The molecule has 3 heteroatoms. The van der Waals surface area contributed by atoms with Gasteiger partial charge in [0.2, 0.25) is 0 Å². The zero-order valence-corrected chi connectivity index (χ0v) is 1.33. The van der Waals surface area contributed by atoms with Gasteiger partial charge < -0.3 is 0 Å². The van der Waals surface area contributed by atoms with Crippen molar-refractivity contribution >= 4 is 17.4 Å². The Bertz CT molecular complexity index is 6.00. The first-order valence-corrected chi connectivity index (χ1v) is 0.436. The summed E-state index contributed by atoms with van der Waals surface area (Å²) in [6.07, 6.45) is 0. The van der Waals surface area contributed by atoms with Crippen LogP contribution in [0, 0.1) is 6.93 Å². The predicted octanol–water partition coefficient (Wildman–Crippen LogP) is -0.139. The smallest absolute Gasteiger partial charge is 0.204 e.